The van der Waals surface area contributed by atoms with E-state index in [0.717, 1.165) is 12.8 Å². The summed E-state index contributed by atoms with van der Waals surface area (Å²) in [5, 5.41) is 0. The number of unbranched alkanes of at least 4 members (excludes halogenated alkanes) is 25. The number of hydrogen-bond donors (Lipinski definition) is 0. The van der Waals surface area contributed by atoms with Gasteiger partial charge in [0.05, 0.1) is 6.26 Å². The van der Waals surface area contributed by atoms with Crippen LogP contribution in [0.1, 0.15) is 187 Å². The van der Waals surface area contributed by atoms with Crippen LogP contribution < -0.4 is 0 Å². The molecule has 0 N–H and O–H groups in total. The molecule has 0 amide bonds. The van der Waals surface area contributed by atoms with Gasteiger partial charge in [0.2, 0.25) is 0 Å². The predicted molar refractivity (Wildman–Crippen MR) is 160 cm³/mol. The van der Waals surface area contributed by atoms with E-state index in [0.29, 0.717) is 0 Å². The normalized spacial score (nSPS) is 11.7. The molecule has 0 aromatic carbocycles. The molecule has 0 unspecified atom stereocenters. The minimum absolute atomic E-state index is 0.240. The highest BCUT2D eigenvalue weighted by Crippen LogP contribution is 2.14. The number of esters is 1. The lowest BCUT2D eigenvalue weighted by atomic mass is 10.0. The Kier molecular flexibility index (Phi) is 31.0. The first-order chi connectivity index (χ1) is 17.8. The van der Waals surface area contributed by atoms with E-state index in [1.165, 1.54) is 161 Å². The van der Waals surface area contributed by atoms with Gasteiger partial charge in [0.1, 0.15) is 0 Å². The third-order valence-electron chi connectivity index (χ3n) is 7.23. The van der Waals surface area contributed by atoms with Gasteiger partial charge in [-0.15, -0.1) is 0 Å². The lowest BCUT2D eigenvalue weighted by Crippen LogP contribution is -1.93. The number of allylic oxidation sites excluding steroid dienone is 2. The fraction of sp³-hybridized carbons (Fsp3) is 0.853. The van der Waals surface area contributed by atoms with Gasteiger partial charge in [-0.3, -0.25) is 0 Å². The van der Waals surface area contributed by atoms with Crippen LogP contribution >= 0.6 is 0 Å². The SMILES string of the molecule is CCCCCCCCCCCCCCC=COC(=O)C=CCCCCCCCCCCCCCCC. The van der Waals surface area contributed by atoms with Crippen molar-refractivity contribution in [3.05, 3.63) is 24.5 Å². The lowest BCUT2D eigenvalue weighted by molar-refractivity contribution is -0.132. The summed E-state index contributed by atoms with van der Waals surface area (Å²) in [6, 6.07) is 0. The van der Waals surface area contributed by atoms with E-state index in [-0.39, 0.29) is 5.97 Å². The van der Waals surface area contributed by atoms with E-state index >= 15 is 0 Å². The quantitative estimate of drug-likeness (QED) is 0.0438. The maximum Gasteiger partial charge on any atom is 0.335 e. The Morgan fingerprint density at radius 1 is 0.444 bits per heavy atom. The van der Waals surface area contributed by atoms with Gasteiger partial charge >= 0.3 is 5.97 Å². The molecule has 0 saturated carbocycles. The van der Waals surface area contributed by atoms with Gasteiger partial charge < -0.3 is 4.74 Å². The fourth-order valence-electron chi connectivity index (χ4n) is 4.79. The molecule has 0 heterocycles. The minimum Gasteiger partial charge on any atom is -0.432 e. The van der Waals surface area contributed by atoms with Gasteiger partial charge in [-0.05, 0) is 31.8 Å². The molecule has 0 radical (unpaired) electrons. The zero-order valence-electron chi connectivity index (χ0n) is 24.7. The topological polar surface area (TPSA) is 26.3 Å². The number of carbonyl (C=O) groups is 1. The van der Waals surface area contributed by atoms with E-state index in [1.807, 2.05) is 12.2 Å². The van der Waals surface area contributed by atoms with Crippen LogP contribution in [0, 0.1) is 0 Å². The largest absolute Gasteiger partial charge is 0.432 e. The van der Waals surface area contributed by atoms with Crippen LogP contribution in [0.25, 0.3) is 0 Å². The van der Waals surface area contributed by atoms with Crippen molar-refractivity contribution in [2.45, 2.75) is 187 Å². The van der Waals surface area contributed by atoms with Crippen molar-refractivity contribution in [1.29, 1.82) is 0 Å². The molecule has 0 spiro atoms. The molecule has 212 valence electrons. The van der Waals surface area contributed by atoms with Gasteiger partial charge in [-0.1, -0.05) is 168 Å². The highest BCUT2D eigenvalue weighted by Gasteiger charge is 1.96. The van der Waals surface area contributed by atoms with E-state index < -0.39 is 0 Å². The van der Waals surface area contributed by atoms with Crippen LogP contribution in [-0.2, 0) is 9.53 Å². The van der Waals surface area contributed by atoms with Crippen LogP contribution in [0.5, 0.6) is 0 Å². The van der Waals surface area contributed by atoms with Crippen molar-refractivity contribution < 1.29 is 9.53 Å². The van der Waals surface area contributed by atoms with Crippen molar-refractivity contribution in [1.82, 2.24) is 0 Å². The van der Waals surface area contributed by atoms with Crippen molar-refractivity contribution in [2.75, 3.05) is 0 Å². The van der Waals surface area contributed by atoms with E-state index in [4.69, 9.17) is 4.74 Å². The van der Waals surface area contributed by atoms with Crippen LogP contribution in [-0.4, -0.2) is 5.97 Å². The second kappa shape index (κ2) is 32.0. The third kappa shape index (κ3) is 31.0. The van der Waals surface area contributed by atoms with Crippen molar-refractivity contribution in [3.8, 4) is 0 Å². The lowest BCUT2D eigenvalue weighted by Gasteiger charge is -2.02. The molecule has 2 heteroatoms. The maximum atomic E-state index is 11.8. The van der Waals surface area contributed by atoms with Crippen LogP contribution in [0.3, 0.4) is 0 Å². The number of rotatable bonds is 29. The molecular weight excluding hydrogens is 440 g/mol. The molecule has 0 fully saturated rings. The first kappa shape index (κ1) is 35.0. The zero-order chi connectivity index (χ0) is 26.2. The van der Waals surface area contributed by atoms with Crippen molar-refractivity contribution in [2.24, 2.45) is 0 Å². The summed E-state index contributed by atoms with van der Waals surface area (Å²) >= 11 is 0. The summed E-state index contributed by atoms with van der Waals surface area (Å²) in [4.78, 5) is 11.8. The molecule has 0 rings (SSSR count). The molecule has 0 aromatic heterocycles. The van der Waals surface area contributed by atoms with Crippen LogP contribution in [0.4, 0.5) is 0 Å². The highest BCUT2D eigenvalue weighted by molar-refractivity contribution is 5.82. The Morgan fingerprint density at radius 3 is 1.11 bits per heavy atom. The summed E-state index contributed by atoms with van der Waals surface area (Å²) < 4.78 is 5.16. The van der Waals surface area contributed by atoms with Gasteiger partial charge in [0, 0.05) is 6.08 Å². The Balaban J connectivity index is 3.29. The van der Waals surface area contributed by atoms with Gasteiger partial charge in [-0.2, -0.15) is 0 Å². The summed E-state index contributed by atoms with van der Waals surface area (Å²) in [7, 11) is 0. The smallest absolute Gasteiger partial charge is 0.335 e. The van der Waals surface area contributed by atoms with Gasteiger partial charge in [-0.25, -0.2) is 4.79 Å². The van der Waals surface area contributed by atoms with Crippen molar-refractivity contribution in [3.63, 3.8) is 0 Å². The molecule has 0 bridgehead atoms. The van der Waals surface area contributed by atoms with E-state index in [2.05, 4.69) is 13.8 Å². The van der Waals surface area contributed by atoms with E-state index in [1.54, 1.807) is 12.3 Å². The maximum absolute atomic E-state index is 11.8. The molecule has 0 aromatic rings. The average Bonchev–Trinajstić information content (AvgIpc) is 2.88. The Labute approximate surface area is 227 Å². The zero-order valence-corrected chi connectivity index (χ0v) is 24.7. The molecule has 36 heavy (non-hydrogen) atoms. The van der Waals surface area contributed by atoms with Crippen LogP contribution in [0.15, 0.2) is 24.5 Å². The molecule has 0 aliphatic heterocycles. The Morgan fingerprint density at radius 2 is 0.750 bits per heavy atom. The minimum atomic E-state index is -0.240. The molecule has 2 nitrogen and oxygen atoms in total. The number of carbonyl (C=O) groups excluding carboxylic acids is 1. The van der Waals surface area contributed by atoms with Gasteiger partial charge in [0.15, 0.2) is 0 Å². The first-order valence-electron chi connectivity index (χ1n) is 16.3. The van der Waals surface area contributed by atoms with E-state index in [9.17, 15) is 4.79 Å². The first-order valence-corrected chi connectivity index (χ1v) is 16.3. The summed E-state index contributed by atoms with van der Waals surface area (Å²) in [5.74, 6) is -0.240. The molecule has 0 aliphatic carbocycles. The number of hydrogen-bond acceptors (Lipinski definition) is 2. The Bertz CT molecular complexity index is 480. The summed E-state index contributed by atoms with van der Waals surface area (Å²) in [6.07, 6.45) is 43.4. The highest BCUT2D eigenvalue weighted by atomic mass is 16.5. The van der Waals surface area contributed by atoms with Crippen molar-refractivity contribution >= 4 is 5.97 Å². The molecule has 0 aliphatic rings. The fourth-order valence-corrected chi connectivity index (χ4v) is 4.79. The second-order valence-electron chi connectivity index (χ2n) is 10.9. The monoisotopic (exact) mass is 504 g/mol. The second-order valence-corrected chi connectivity index (χ2v) is 10.9. The Hall–Kier alpha value is -1.05. The molecule has 0 atom stereocenters. The van der Waals surface area contributed by atoms with Gasteiger partial charge in [0.25, 0.3) is 0 Å². The average molecular weight is 505 g/mol. The van der Waals surface area contributed by atoms with Crippen LogP contribution in [0.2, 0.25) is 0 Å². The molecular formula is C34H64O2. The predicted octanol–water partition coefficient (Wildman–Crippen LogP) is 12.2. The summed E-state index contributed by atoms with van der Waals surface area (Å²) in [5.41, 5.74) is 0. The third-order valence-corrected chi connectivity index (χ3v) is 7.23. The standard InChI is InChI=1S/C34H64O2/c1-3-5-7-9-11-13-15-17-19-20-22-24-26-28-30-32-34(35)36-33-31-29-27-25-23-21-18-16-14-12-10-8-6-4-2/h30-33H,3-29H2,1-2H3. The molecule has 0 saturated heterocycles. The summed E-state index contributed by atoms with van der Waals surface area (Å²) in [6.45, 7) is 4.56. The number of ether oxygens (including phenoxy) is 1.